The molecule has 0 aliphatic rings. The van der Waals surface area contributed by atoms with Gasteiger partial charge in [0, 0.05) is 13.1 Å². The number of carbonyl (C=O) groups excluding carboxylic acids is 1. The molecular formula is C17H19N3O4S. The Morgan fingerprint density at radius 1 is 1.20 bits per heavy atom. The maximum Gasteiger partial charge on any atom is 0.332 e. The van der Waals surface area contributed by atoms with Crippen LogP contribution in [0.2, 0.25) is 0 Å². The molecule has 7 nitrogen and oxygen atoms in total. The highest BCUT2D eigenvalue weighted by atomic mass is 32.1. The highest BCUT2D eigenvalue weighted by molar-refractivity contribution is 7.17. The zero-order valence-electron chi connectivity index (χ0n) is 14.1. The predicted octanol–water partition coefficient (Wildman–Crippen LogP) is 1.73. The molecule has 3 aromatic rings. The van der Waals surface area contributed by atoms with Crippen LogP contribution in [0.15, 0.2) is 43.8 Å². The predicted molar refractivity (Wildman–Crippen MR) is 96.1 cm³/mol. The van der Waals surface area contributed by atoms with Gasteiger partial charge in [0.15, 0.2) is 0 Å². The van der Waals surface area contributed by atoms with Gasteiger partial charge >= 0.3 is 5.69 Å². The average molecular weight is 361 g/mol. The maximum atomic E-state index is 12.9. The average Bonchev–Trinajstić information content (AvgIpc) is 3.28. The van der Waals surface area contributed by atoms with Crippen molar-refractivity contribution in [2.45, 2.75) is 26.9 Å². The van der Waals surface area contributed by atoms with Gasteiger partial charge in [0.2, 0.25) is 5.91 Å². The molecule has 0 saturated heterocycles. The van der Waals surface area contributed by atoms with Gasteiger partial charge in [0.1, 0.15) is 17.0 Å². The van der Waals surface area contributed by atoms with Crippen molar-refractivity contribution < 1.29 is 9.21 Å². The van der Waals surface area contributed by atoms with E-state index in [9.17, 15) is 14.4 Å². The third-order valence-corrected chi connectivity index (χ3v) is 5.03. The van der Waals surface area contributed by atoms with Crippen LogP contribution in [0.1, 0.15) is 19.6 Å². The summed E-state index contributed by atoms with van der Waals surface area (Å²) >= 11 is 1.26. The third kappa shape index (κ3) is 3.17. The summed E-state index contributed by atoms with van der Waals surface area (Å²) in [5, 5.41) is 1.75. The van der Waals surface area contributed by atoms with Gasteiger partial charge in [-0.2, -0.15) is 0 Å². The molecule has 0 N–H and O–H groups in total. The maximum absolute atomic E-state index is 12.9. The SMILES string of the molecule is CCN(CC)C(=O)Cn1c(=O)n(Cc2ccco2)c(=O)c2sccc21. The summed E-state index contributed by atoms with van der Waals surface area (Å²) in [4.78, 5) is 39.7. The van der Waals surface area contributed by atoms with E-state index < -0.39 is 5.69 Å². The molecule has 0 fully saturated rings. The number of fused-ring (bicyclic) bond motifs is 1. The van der Waals surface area contributed by atoms with Gasteiger partial charge in [0.25, 0.3) is 5.56 Å². The molecule has 3 rings (SSSR count). The fourth-order valence-corrected chi connectivity index (χ4v) is 3.64. The topological polar surface area (TPSA) is 77.5 Å². The number of hydrogen-bond acceptors (Lipinski definition) is 5. The molecule has 25 heavy (non-hydrogen) atoms. The molecule has 0 bridgehead atoms. The normalized spacial score (nSPS) is 11.1. The second-order valence-electron chi connectivity index (χ2n) is 5.54. The number of rotatable bonds is 6. The monoisotopic (exact) mass is 361 g/mol. The minimum Gasteiger partial charge on any atom is -0.467 e. The largest absolute Gasteiger partial charge is 0.467 e. The number of thiophene rings is 1. The van der Waals surface area contributed by atoms with E-state index in [1.165, 1.54) is 22.2 Å². The number of nitrogens with zero attached hydrogens (tertiary/aromatic N) is 3. The van der Waals surface area contributed by atoms with E-state index in [1.807, 2.05) is 13.8 Å². The summed E-state index contributed by atoms with van der Waals surface area (Å²) in [6.07, 6.45) is 1.49. The van der Waals surface area contributed by atoms with Gasteiger partial charge in [-0.25, -0.2) is 4.79 Å². The van der Waals surface area contributed by atoms with Crippen LogP contribution in [0.25, 0.3) is 10.2 Å². The molecule has 3 aromatic heterocycles. The van der Waals surface area contributed by atoms with Crippen LogP contribution in [0.3, 0.4) is 0 Å². The zero-order valence-corrected chi connectivity index (χ0v) is 14.9. The fourth-order valence-electron chi connectivity index (χ4n) is 2.80. The number of furan rings is 1. The van der Waals surface area contributed by atoms with Gasteiger partial charge in [-0.1, -0.05) is 0 Å². The number of likely N-dealkylation sites (N-methyl/N-ethyl adjacent to an activating group) is 1. The standard InChI is InChI=1S/C17H19N3O4S/c1-3-18(4-2)14(21)11-19-13-7-9-25-15(13)16(22)20(17(19)23)10-12-6-5-8-24-12/h5-9H,3-4,10-11H2,1-2H3. The van der Waals surface area contributed by atoms with E-state index in [0.717, 1.165) is 4.57 Å². The lowest BCUT2D eigenvalue weighted by atomic mass is 10.3. The van der Waals surface area contributed by atoms with Crippen molar-refractivity contribution in [2.24, 2.45) is 0 Å². The lowest BCUT2D eigenvalue weighted by Gasteiger charge is -2.20. The molecule has 1 amide bonds. The molecule has 0 atom stereocenters. The Morgan fingerprint density at radius 2 is 1.96 bits per heavy atom. The summed E-state index contributed by atoms with van der Waals surface area (Å²) in [6.45, 7) is 4.88. The van der Waals surface area contributed by atoms with E-state index in [-0.39, 0.29) is 24.6 Å². The molecule has 0 saturated carbocycles. The van der Waals surface area contributed by atoms with Crippen LogP contribution in [0.5, 0.6) is 0 Å². The van der Waals surface area contributed by atoms with Gasteiger partial charge in [-0.15, -0.1) is 11.3 Å². The van der Waals surface area contributed by atoms with Crippen molar-refractivity contribution in [1.82, 2.24) is 14.0 Å². The summed E-state index contributed by atoms with van der Waals surface area (Å²) in [7, 11) is 0. The first-order chi connectivity index (χ1) is 12.1. The second-order valence-corrected chi connectivity index (χ2v) is 6.46. The van der Waals surface area contributed by atoms with Crippen molar-refractivity contribution in [3.05, 3.63) is 56.4 Å². The van der Waals surface area contributed by atoms with E-state index in [1.54, 1.807) is 28.5 Å². The summed E-state index contributed by atoms with van der Waals surface area (Å²) in [6, 6.07) is 5.11. The van der Waals surface area contributed by atoms with Crippen molar-refractivity contribution in [3.63, 3.8) is 0 Å². The van der Waals surface area contributed by atoms with Crippen LogP contribution in [-0.4, -0.2) is 33.0 Å². The third-order valence-electron chi connectivity index (χ3n) is 4.14. The van der Waals surface area contributed by atoms with Gasteiger partial charge in [-0.3, -0.25) is 18.7 Å². The Balaban J connectivity index is 2.11. The lowest BCUT2D eigenvalue weighted by Crippen LogP contribution is -2.43. The Morgan fingerprint density at radius 3 is 2.60 bits per heavy atom. The molecule has 0 aromatic carbocycles. The molecule has 132 valence electrons. The van der Waals surface area contributed by atoms with Crippen LogP contribution in [-0.2, 0) is 17.9 Å². The zero-order chi connectivity index (χ0) is 18.0. The minimum atomic E-state index is -0.507. The van der Waals surface area contributed by atoms with E-state index in [4.69, 9.17) is 4.42 Å². The minimum absolute atomic E-state index is 0.0396. The summed E-state index contributed by atoms with van der Waals surface area (Å²) in [5.74, 6) is 0.361. The number of hydrogen-bond donors (Lipinski definition) is 0. The van der Waals surface area contributed by atoms with Gasteiger partial charge in [0.05, 0.1) is 18.3 Å². The van der Waals surface area contributed by atoms with Gasteiger partial charge < -0.3 is 9.32 Å². The highest BCUT2D eigenvalue weighted by Crippen LogP contribution is 2.16. The quantitative estimate of drug-likeness (QED) is 0.670. The molecule has 0 unspecified atom stereocenters. The molecule has 0 aliphatic carbocycles. The molecule has 0 spiro atoms. The molecule has 3 heterocycles. The van der Waals surface area contributed by atoms with Crippen molar-refractivity contribution in [1.29, 1.82) is 0 Å². The smallest absolute Gasteiger partial charge is 0.332 e. The molecule has 0 aliphatic heterocycles. The summed E-state index contributed by atoms with van der Waals surface area (Å²) < 4.78 is 8.20. The first kappa shape index (κ1) is 17.2. The van der Waals surface area contributed by atoms with Gasteiger partial charge in [-0.05, 0) is 37.4 Å². The molecule has 0 radical (unpaired) electrons. The summed E-state index contributed by atoms with van der Waals surface area (Å²) in [5.41, 5.74) is -0.373. The van der Waals surface area contributed by atoms with Crippen molar-refractivity contribution in [3.8, 4) is 0 Å². The molecule has 8 heteroatoms. The van der Waals surface area contributed by atoms with Crippen LogP contribution in [0, 0.1) is 0 Å². The van der Waals surface area contributed by atoms with Crippen molar-refractivity contribution >= 4 is 27.5 Å². The van der Waals surface area contributed by atoms with Crippen molar-refractivity contribution in [2.75, 3.05) is 13.1 Å². The van der Waals surface area contributed by atoms with E-state index in [2.05, 4.69) is 0 Å². The van der Waals surface area contributed by atoms with Crippen LogP contribution in [0.4, 0.5) is 0 Å². The van der Waals surface area contributed by atoms with Crippen LogP contribution >= 0.6 is 11.3 Å². The number of carbonyl (C=O) groups is 1. The fraction of sp³-hybridized carbons (Fsp3) is 0.353. The Hall–Kier alpha value is -2.61. The highest BCUT2D eigenvalue weighted by Gasteiger charge is 2.19. The number of aromatic nitrogens is 2. The van der Waals surface area contributed by atoms with E-state index in [0.29, 0.717) is 29.1 Å². The Kier molecular flexibility index (Phi) is 4.89. The lowest BCUT2D eigenvalue weighted by molar-refractivity contribution is -0.131. The first-order valence-corrected chi connectivity index (χ1v) is 8.95. The molecular weight excluding hydrogens is 342 g/mol. The Labute approximate surface area is 147 Å². The van der Waals surface area contributed by atoms with Crippen LogP contribution < -0.4 is 11.2 Å². The van der Waals surface area contributed by atoms with E-state index >= 15 is 0 Å². The second kappa shape index (κ2) is 7.10. The first-order valence-electron chi connectivity index (χ1n) is 8.07. The number of amides is 1. The Bertz CT molecular complexity index is 993.